The molecule has 0 saturated carbocycles. The Labute approximate surface area is 116 Å². The van der Waals surface area contributed by atoms with Crippen LogP contribution < -0.4 is 5.73 Å². The summed E-state index contributed by atoms with van der Waals surface area (Å²) >= 11 is 2.09. The van der Waals surface area contributed by atoms with E-state index in [1.165, 1.54) is 35.5 Å². The summed E-state index contributed by atoms with van der Waals surface area (Å²) in [5, 5.41) is 0. The predicted octanol–water partition coefficient (Wildman–Crippen LogP) is 4.00. The van der Waals surface area contributed by atoms with E-state index in [1.54, 1.807) is 0 Å². The number of hydrogen-bond donors (Lipinski definition) is 1. The van der Waals surface area contributed by atoms with E-state index >= 15 is 0 Å². The SMILES string of the molecule is CC(C)c1ccc(C(CN)C2CCSCC2)cc1. The van der Waals surface area contributed by atoms with Crippen LogP contribution in [0.2, 0.25) is 0 Å². The highest BCUT2D eigenvalue weighted by Gasteiger charge is 2.24. The van der Waals surface area contributed by atoms with Gasteiger partial charge >= 0.3 is 0 Å². The van der Waals surface area contributed by atoms with Crippen LogP contribution in [-0.4, -0.2) is 18.1 Å². The summed E-state index contributed by atoms with van der Waals surface area (Å²) in [6, 6.07) is 9.16. The van der Waals surface area contributed by atoms with E-state index in [0.717, 1.165) is 12.5 Å². The molecule has 1 atom stereocenters. The zero-order valence-corrected chi connectivity index (χ0v) is 12.4. The topological polar surface area (TPSA) is 26.0 Å². The second-order valence-corrected chi connectivity index (χ2v) is 6.84. The zero-order chi connectivity index (χ0) is 13.0. The Morgan fingerprint density at radius 1 is 1.11 bits per heavy atom. The van der Waals surface area contributed by atoms with Gasteiger partial charge in [-0.1, -0.05) is 38.1 Å². The van der Waals surface area contributed by atoms with Gasteiger partial charge in [0.15, 0.2) is 0 Å². The minimum absolute atomic E-state index is 0.562. The minimum atomic E-state index is 0.562. The summed E-state index contributed by atoms with van der Waals surface area (Å²) in [5.41, 5.74) is 8.89. The molecule has 1 aliphatic heterocycles. The molecule has 1 heterocycles. The predicted molar refractivity (Wildman–Crippen MR) is 82.4 cm³/mol. The van der Waals surface area contributed by atoms with Crippen molar-refractivity contribution in [2.24, 2.45) is 11.7 Å². The highest BCUT2D eigenvalue weighted by Crippen LogP contribution is 2.34. The lowest BCUT2D eigenvalue weighted by atomic mass is 9.82. The molecule has 100 valence electrons. The van der Waals surface area contributed by atoms with Crippen LogP contribution in [0.25, 0.3) is 0 Å². The van der Waals surface area contributed by atoms with E-state index in [1.807, 2.05) is 0 Å². The average Bonchev–Trinajstić information content (AvgIpc) is 2.41. The number of nitrogens with two attached hydrogens (primary N) is 1. The number of hydrogen-bond acceptors (Lipinski definition) is 2. The van der Waals surface area contributed by atoms with Gasteiger partial charge in [-0.3, -0.25) is 0 Å². The van der Waals surface area contributed by atoms with Gasteiger partial charge in [0, 0.05) is 0 Å². The fraction of sp³-hybridized carbons (Fsp3) is 0.625. The standard InChI is InChI=1S/C16H25NS/c1-12(2)13-3-5-14(6-4-13)16(11-17)15-7-9-18-10-8-15/h3-6,12,15-16H,7-11,17H2,1-2H3. The fourth-order valence-electron chi connectivity index (χ4n) is 2.85. The quantitative estimate of drug-likeness (QED) is 0.888. The van der Waals surface area contributed by atoms with Gasteiger partial charge in [0.05, 0.1) is 0 Å². The fourth-order valence-corrected chi connectivity index (χ4v) is 3.99. The van der Waals surface area contributed by atoms with E-state index in [0.29, 0.717) is 11.8 Å². The summed E-state index contributed by atoms with van der Waals surface area (Å²) in [7, 11) is 0. The summed E-state index contributed by atoms with van der Waals surface area (Å²) < 4.78 is 0. The molecule has 2 heteroatoms. The van der Waals surface area contributed by atoms with E-state index in [-0.39, 0.29) is 0 Å². The van der Waals surface area contributed by atoms with Gasteiger partial charge in [-0.05, 0) is 59.8 Å². The molecule has 1 nitrogen and oxygen atoms in total. The molecule has 0 aliphatic carbocycles. The highest BCUT2D eigenvalue weighted by atomic mass is 32.2. The van der Waals surface area contributed by atoms with E-state index < -0.39 is 0 Å². The molecule has 18 heavy (non-hydrogen) atoms. The molecule has 1 saturated heterocycles. The lowest BCUT2D eigenvalue weighted by Gasteiger charge is -2.29. The molecule has 1 unspecified atom stereocenters. The third-order valence-corrected chi connectivity index (χ3v) is 5.17. The van der Waals surface area contributed by atoms with Crippen molar-refractivity contribution in [1.29, 1.82) is 0 Å². The molecular weight excluding hydrogens is 238 g/mol. The molecule has 0 amide bonds. The van der Waals surface area contributed by atoms with Crippen LogP contribution in [0.15, 0.2) is 24.3 Å². The summed E-state index contributed by atoms with van der Waals surface area (Å²) in [4.78, 5) is 0. The molecule has 1 aromatic carbocycles. The first-order chi connectivity index (χ1) is 8.72. The van der Waals surface area contributed by atoms with Crippen LogP contribution in [0, 0.1) is 5.92 Å². The van der Waals surface area contributed by atoms with Crippen LogP contribution in [0.5, 0.6) is 0 Å². The lowest BCUT2D eigenvalue weighted by molar-refractivity contribution is 0.401. The summed E-state index contributed by atoms with van der Waals surface area (Å²) in [5.74, 6) is 4.59. The summed E-state index contributed by atoms with van der Waals surface area (Å²) in [6.07, 6.45) is 2.66. The zero-order valence-electron chi connectivity index (χ0n) is 11.6. The first kappa shape index (κ1) is 14.0. The molecule has 0 radical (unpaired) electrons. The Hall–Kier alpha value is -0.470. The van der Waals surface area contributed by atoms with Crippen LogP contribution in [0.1, 0.15) is 49.7 Å². The van der Waals surface area contributed by atoms with Gasteiger partial charge in [0.2, 0.25) is 0 Å². The van der Waals surface area contributed by atoms with Crippen molar-refractivity contribution in [3.63, 3.8) is 0 Å². The Kier molecular flexibility index (Phi) is 5.13. The van der Waals surface area contributed by atoms with E-state index in [2.05, 4.69) is 49.9 Å². The highest BCUT2D eigenvalue weighted by molar-refractivity contribution is 7.99. The molecular formula is C16H25NS. The van der Waals surface area contributed by atoms with Crippen molar-refractivity contribution in [1.82, 2.24) is 0 Å². The second-order valence-electron chi connectivity index (χ2n) is 5.61. The van der Waals surface area contributed by atoms with Crippen molar-refractivity contribution in [2.75, 3.05) is 18.1 Å². The molecule has 2 N–H and O–H groups in total. The largest absolute Gasteiger partial charge is 0.330 e. The first-order valence-electron chi connectivity index (χ1n) is 7.10. The van der Waals surface area contributed by atoms with Crippen LogP contribution >= 0.6 is 11.8 Å². The summed E-state index contributed by atoms with van der Waals surface area (Å²) in [6.45, 7) is 5.28. The van der Waals surface area contributed by atoms with E-state index in [9.17, 15) is 0 Å². The van der Waals surface area contributed by atoms with Crippen molar-refractivity contribution in [3.05, 3.63) is 35.4 Å². The van der Waals surface area contributed by atoms with Crippen molar-refractivity contribution >= 4 is 11.8 Å². The first-order valence-corrected chi connectivity index (χ1v) is 8.25. The number of thioether (sulfide) groups is 1. The Morgan fingerprint density at radius 2 is 1.67 bits per heavy atom. The molecule has 0 spiro atoms. The van der Waals surface area contributed by atoms with Gasteiger partial charge in [0.25, 0.3) is 0 Å². The van der Waals surface area contributed by atoms with Gasteiger partial charge in [-0.15, -0.1) is 0 Å². The normalized spacial score (nSPS) is 19.1. The minimum Gasteiger partial charge on any atom is -0.330 e. The smallest absolute Gasteiger partial charge is 0.000555 e. The van der Waals surface area contributed by atoms with Crippen molar-refractivity contribution in [3.8, 4) is 0 Å². The third-order valence-electron chi connectivity index (χ3n) is 4.12. The lowest BCUT2D eigenvalue weighted by Crippen LogP contribution is -2.24. The molecule has 2 rings (SSSR count). The van der Waals surface area contributed by atoms with Crippen LogP contribution in [-0.2, 0) is 0 Å². The van der Waals surface area contributed by atoms with Gasteiger partial charge in [-0.25, -0.2) is 0 Å². The molecule has 1 aromatic rings. The maximum absolute atomic E-state index is 6.03. The molecule has 0 bridgehead atoms. The monoisotopic (exact) mass is 263 g/mol. The molecule has 1 aliphatic rings. The number of rotatable bonds is 4. The maximum Gasteiger partial charge on any atom is -0.000555 e. The van der Waals surface area contributed by atoms with Gasteiger partial charge < -0.3 is 5.73 Å². The van der Waals surface area contributed by atoms with Gasteiger partial charge in [0.1, 0.15) is 0 Å². The Morgan fingerprint density at radius 3 is 2.17 bits per heavy atom. The Balaban J connectivity index is 2.11. The second kappa shape index (κ2) is 6.63. The third kappa shape index (κ3) is 3.30. The number of benzene rings is 1. The Bertz CT molecular complexity index is 352. The average molecular weight is 263 g/mol. The molecule has 0 aromatic heterocycles. The van der Waals surface area contributed by atoms with Crippen molar-refractivity contribution < 1.29 is 0 Å². The van der Waals surface area contributed by atoms with Crippen LogP contribution in [0.3, 0.4) is 0 Å². The van der Waals surface area contributed by atoms with E-state index in [4.69, 9.17) is 5.73 Å². The van der Waals surface area contributed by atoms with Crippen molar-refractivity contribution in [2.45, 2.75) is 38.5 Å². The van der Waals surface area contributed by atoms with Crippen LogP contribution in [0.4, 0.5) is 0 Å². The van der Waals surface area contributed by atoms with Gasteiger partial charge in [-0.2, -0.15) is 11.8 Å². The molecule has 1 fully saturated rings. The maximum atomic E-state index is 6.03.